The van der Waals surface area contributed by atoms with Crippen LogP contribution in [0.25, 0.3) is 0 Å². The van der Waals surface area contributed by atoms with Crippen molar-refractivity contribution in [2.75, 3.05) is 0 Å². The monoisotopic (exact) mass is 278 g/mol. The summed E-state index contributed by atoms with van der Waals surface area (Å²) in [5.74, 6) is 0.890. The van der Waals surface area contributed by atoms with Crippen molar-refractivity contribution in [3.05, 3.63) is 50.6 Å². The van der Waals surface area contributed by atoms with Gasteiger partial charge in [0.25, 0.3) is 0 Å². The Labute approximate surface area is 116 Å². The molecule has 0 bridgehead atoms. The molecule has 0 aliphatic heterocycles. The number of aromatic amines is 1. The van der Waals surface area contributed by atoms with Crippen LogP contribution in [0.15, 0.2) is 34.4 Å². The molecular weight excluding hydrogens is 260 g/mol. The van der Waals surface area contributed by atoms with E-state index in [2.05, 4.69) is 10.3 Å². The molecule has 2 rings (SSSR count). The van der Waals surface area contributed by atoms with Crippen LogP contribution in [0, 0.1) is 0 Å². The third-order valence-electron chi connectivity index (χ3n) is 2.51. The summed E-state index contributed by atoms with van der Waals surface area (Å²) in [6, 6.07) is 8.04. The van der Waals surface area contributed by atoms with Crippen LogP contribution in [-0.2, 0) is 13.1 Å². The number of hydrogen-bond acceptors (Lipinski definition) is 4. The normalized spacial score (nSPS) is 10.9. The topological polar surface area (TPSA) is 54.1 Å². The first-order valence-electron chi connectivity index (χ1n) is 6.26. The van der Waals surface area contributed by atoms with Crippen molar-refractivity contribution in [2.24, 2.45) is 0 Å². The van der Waals surface area contributed by atoms with Crippen LogP contribution in [0.2, 0.25) is 0 Å². The van der Waals surface area contributed by atoms with E-state index in [0.29, 0.717) is 6.54 Å². The minimum absolute atomic E-state index is 0.00742. The van der Waals surface area contributed by atoms with Gasteiger partial charge in [-0.3, -0.25) is 4.79 Å². The zero-order valence-electron chi connectivity index (χ0n) is 11.1. The molecule has 0 amide bonds. The van der Waals surface area contributed by atoms with Gasteiger partial charge in [0.2, 0.25) is 0 Å². The van der Waals surface area contributed by atoms with Crippen LogP contribution in [0.4, 0.5) is 0 Å². The molecule has 4 nitrogen and oxygen atoms in total. The molecule has 1 aromatic heterocycles. The van der Waals surface area contributed by atoms with Gasteiger partial charge in [-0.1, -0.05) is 23.5 Å². The third-order valence-corrected chi connectivity index (χ3v) is 3.23. The Bertz CT molecular complexity index is 557. The fourth-order valence-electron chi connectivity index (χ4n) is 1.70. The van der Waals surface area contributed by atoms with Gasteiger partial charge in [0.15, 0.2) is 0 Å². The highest BCUT2D eigenvalue weighted by Crippen LogP contribution is 2.13. The number of aromatic nitrogens is 1. The molecule has 2 N–H and O–H groups in total. The van der Waals surface area contributed by atoms with E-state index in [1.165, 1.54) is 16.9 Å². The summed E-state index contributed by atoms with van der Waals surface area (Å²) >= 11 is 1.19. The molecule has 0 saturated heterocycles. The van der Waals surface area contributed by atoms with Crippen molar-refractivity contribution in [3.63, 3.8) is 0 Å². The van der Waals surface area contributed by atoms with Gasteiger partial charge in [0.05, 0.1) is 6.10 Å². The first-order valence-corrected chi connectivity index (χ1v) is 7.14. The second kappa shape index (κ2) is 6.54. The number of rotatable bonds is 6. The average molecular weight is 278 g/mol. The number of ether oxygens (including phenoxy) is 1. The van der Waals surface area contributed by atoms with Crippen molar-refractivity contribution in [2.45, 2.75) is 33.0 Å². The second-order valence-corrected chi connectivity index (χ2v) is 5.43. The highest BCUT2D eigenvalue weighted by molar-refractivity contribution is 7.07. The smallest absolute Gasteiger partial charge is 0.304 e. The standard InChI is InChI=1S/C14H18N2O2S/c1-10(2)18-13-5-3-11(4-6-13)7-15-8-12-9-19-14(17)16-12/h3-6,9-10,15H,7-8H2,1-2H3,(H,16,17). The first kappa shape index (κ1) is 13.8. The van der Waals surface area contributed by atoms with E-state index in [1.807, 2.05) is 43.5 Å². The Hall–Kier alpha value is -1.59. The predicted molar refractivity (Wildman–Crippen MR) is 77.7 cm³/mol. The summed E-state index contributed by atoms with van der Waals surface area (Å²) in [4.78, 5) is 13.7. The molecule has 0 fully saturated rings. The lowest BCUT2D eigenvalue weighted by Crippen LogP contribution is -2.13. The number of H-pyrrole nitrogens is 1. The highest BCUT2D eigenvalue weighted by atomic mass is 32.1. The largest absolute Gasteiger partial charge is 0.491 e. The molecule has 0 aliphatic rings. The summed E-state index contributed by atoms with van der Waals surface area (Å²) in [6.45, 7) is 5.46. The molecule has 19 heavy (non-hydrogen) atoms. The van der Waals surface area contributed by atoms with Gasteiger partial charge >= 0.3 is 4.87 Å². The van der Waals surface area contributed by atoms with Crippen molar-refractivity contribution in [1.82, 2.24) is 10.3 Å². The molecule has 1 heterocycles. The van der Waals surface area contributed by atoms with Gasteiger partial charge in [0.1, 0.15) is 5.75 Å². The maximum atomic E-state index is 11.0. The summed E-state index contributed by atoms with van der Waals surface area (Å²) in [5.41, 5.74) is 2.11. The molecule has 0 spiro atoms. The number of nitrogens with one attached hydrogen (secondary N) is 2. The quantitative estimate of drug-likeness (QED) is 0.853. The molecule has 2 aromatic rings. The van der Waals surface area contributed by atoms with Gasteiger partial charge in [-0.25, -0.2) is 0 Å². The molecule has 0 unspecified atom stereocenters. The Balaban J connectivity index is 1.81. The van der Waals surface area contributed by atoms with Crippen LogP contribution < -0.4 is 14.9 Å². The van der Waals surface area contributed by atoms with Crippen molar-refractivity contribution >= 4 is 11.3 Å². The van der Waals surface area contributed by atoms with Crippen molar-refractivity contribution < 1.29 is 4.74 Å². The Kier molecular flexibility index (Phi) is 4.76. The molecule has 5 heteroatoms. The maximum absolute atomic E-state index is 11.0. The second-order valence-electron chi connectivity index (χ2n) is 4.59. The number of benzene rings is 1. The van der Waals surface area contributed by atoms with Crippen LogP contribution >= 0.6 is 11.3 Å². The van der Waals surface area contributed by atoms with E-state index < -0.39 is 0 Å². The fraction of sp³-hybridized carbons (Fsp3) is 0.357. The van der Waals surface area contributed by atoms with E-state index in [4.69, 9.17) is 4.74 Å². The fourth-order valence-corrected chi connectivity index (χ4v) is 2.28. The Morgan fingerprint density at radius 2 is 2.00 bits per heavy atom. The van der Waals surface area contributed by atoms with E-state index in [9.17, 15) is 4.79 Å². The van der Waals surface area contributed by atoms with Gasteiger partial charge in [0, 0.05) is 24.2 Å². The van der Waals surface area contributed by atoms with Crippen LogP contribution in [0.3, 0.4) is 0 Å². The predicted octanol–water partition coefficient (Wildman–Crippen LogP) is 2.51. The first-order chi connectivity index (χ1) is 9.13. The van der Waals surface area contributed by atoms with E-state index in [0.717, 1.165) is 18.0 Å². The summed E-state index contributed by atoms with van der Waals surface area (Å²) in [6.07, 6.45) is 0.194. The van der Waals surface area contributed by atoms with Crippen LogP contribution in [-0.4, -0.2) is 11.1 Å². The van der Waals surface area contributed by atoms with Crippen LogP contribution in [0.1, 0.15) is 25.1 Å². The molecular formula is C14H18N2O2S. The molecule has 0 radical (unpaired) electrons. The summed E-state index contributed by atoms with van der Waals surface area (Å²) < 4.78 is 5.59. The lowest BCUT2D eigenvalue weighted by Gasteiger charge is -2.10. The molecule has 0 atom stereocenters. The third kappa shape index (κ3) is 4.54. The minimum atomic E-state index is -0.00742. The van der Waals surface area contributed by atoms with Crippen molar-refractivity contribution in [1.29, 1.82) is 0 Å². The molecule has 0 aliphatic carbocycles. The van der Waals surface area contributed by atoms with Crippen molar-refractivity contribution in [3.8, 4) is 5.75 Å². The molecule has 102 valence electrons. The summed E-state index contributed by atoms with van der Waals surface area (Å²) in [7, 11) is 0. The number of hydrogen-bond donors (Lipinski definition) is 2. The van der Waals surface area contributed by atoms with E-state index in [1.54, 1.807) is 0 Å². The average Bonchev–Trinajstić information content (AvgIpc) is 2.77. The van der Waals surface area contributed by atoms with Gasteiger partial charge < -0.3 is 15.0 Å². The van der Waals surface area contributed by atoms with E-state index in [-0.39, 0.29) is 11.0 Å². The lowest BCUT2D eigenvalue weighted by atomic mass is 10.2. The molecule has 1 aromatic carbocycles. The van der Waals surface area contributed by atoms with Gasteiger partial charge in [-0.15, -0.1) is 0 Å². The zero-order valence-corrected chi connectivity index (χ0v) is 11.9. The Morgan fingerprint density at radius 3 is 2.58 bits per heavy atom. The molecule has 0 saturated carbocycles. The van der Waals surface area contributed by atoms with Crippen LogP contribution in [0.5, 0.6) is 5.75 Å². The van der Waals surface area contributed by atoms with Gasteiger partial charge in [-0.05, 0) is 31.5 Å². The zero-order chi connectivity index (χ0) is 13.7. The maximum Gasteiger partial charge on any atom is 0.304 e. The minimum Gasteiger partial charge on any atom is -0.491 e. The summed E-state index contributed by atoms with van der Waals surface area (Å²) in [5, 5.41) is 5.13. The lowest BCUT2D eigenvalue weighted by molar-refractivity contribution is 0.242. The van der Waals surface area contributed by atoms with E-state index >= 15 is 0 Å². The van der Waals surface area contributed by atoms with Gasteiger partial charge in [-0.2, -0.15) is 0 Å². The Morgan fingerprint density at radius 1 is 1.26 bits per heavy atom. The highest BCUT2D eigenvalue weighted by Gasteiger charge is 1.99. The SMILES string of the molecule is CC(C)Oc1ccc(CNCc2csc(=O)[nH]2)cc1. The number of thiazole rings is 1.